The van der Waals surface area contributed by atoms with E-state index < -0.39 is 5.54 Å². The quantitative estimate of drug-likeness (QED) is 0.705. The van der Waals surface area contributed by atoms with Crippen LogP contribution in [0.25, 0.3) is 0 Å². The average molecular weight is 265 g/mol. The standard InChI is InChI=1S/C15H27N3O/c1-15(17,14(19)18-3-2-16)13-11-5-9-4-10(7-11)8-12(13)6-9/h9-13H,2-8,16-17H2,1H3,(H,18,19). The molecule has 4 aliphatic rings. The Morgan fingerprint density at radius 3 is 2.16 bits per heavy atom. The maximum Gasteiger partial charge on any atom is 0.240 e. The normalized spacial score (nSPS) is 43.0. The van der Waals surface area contributed by atoms with Crippen LogP contribution < -0.4 is 16.8 Å². The molecule has 0 saturated heterocycles. The second kappa shape index (κ2) is 4.74. The SMILES string of the molecule is CC(N)(C(=O)NCCN)C1C2CC3CC(C2)CC1C3. The van der Waals surface area contributed by atoms with Gasteiger partial charge in [-0.3, -0.25) is 4.79 Å². The van der Waals surface area contributed by atoms with Crippen molar-refractivity contribution in [3.63, 3.8) is 0 Å². The van der Waals surface area contributed by atoms with E-state index in [1.165, 1.54) is 32.1 Å². The van der Waals surface area contributed by atoms with Crippen LogP contribution in [-0.4, -0.2) is 24.5 Å². The molecular formula is C15H27N3O. The van der Waals surface area contributed by atoms with Crippen molar-refractivity contribution in [1.29, 1.82) is 0 Å². The lowest BCUT2D eigenvalue weighted by Gasteiger charge is -2.58. The predicted molar refractivity (Wildman–Crippen MR) is 75.2 cm³/mol. The van der Waals surface area contributed by atoms with Crippen LogP contribution in [0.15, 0.2) is 0 Å². The molecule has 19 heavy (non-hydrogen) atoms. The number of carbonyl (C=O) groups excluding carboxylic acids is 1. The Hall–Kier alpha value is -0.610. The first-order valence-electron chi connectivity index (χ1n) is 7.79. The Kier molecular flexibility index (Phi) is 3.34. The van der Waals surface area contributed by atoms with Gasteiger partial charge in [-0.25, -0.2) is 0 Å². The lowest BCUT2D eigenvalue weighted by Crippen LogP contribution is -2.64. The van der Waals surface area contributed by atoms with Crippen LogP contribution in [0.2, 0.25) is 0 Å². The summed E-state index contributed by atoms with van der Waals surface area (Å²) in [4.78, 5) is 12.4. The summed E-state index contributed by atoms with van der Waals surface area (Å²) in [6.07, 6.45) is 6.63. The van der Waals surface area contributed by atoms with Crippen LogP contribution in [0, 0.1) is 29.6 Å². The van der Waals surface area contributed by atoms with E-state index in [0.717, 1.165) is 11.8 Å². The van der Waals surface area contributed by atoms with Crippen LogP contribution in [0.1, 0.15) is 39.0 Å². The van der Waals surface area contributed by atoms with Crippen molar-refractivity contribution in [2.75, 3.05) is 13.1 Å². The predicted octanol–water partition coefficient (Wildman–Crippen LogP) is 0.851. The van der Waals surface area contributed by atoms with Gasteiger partial charge in [-0.1, -0.05) is 0 Å². The van der Waals surface area contributed by atoms with Crippen molar-refractivity contribution in [2.45, 2.75) is 44.6 Å². The minimum atomic E-state index is -0.724. The summed E-state index contributed by atoms with van der Waals surface area (Å²) in [6, 6.07) is 0. The van der Waals surface area contributed by atoms with E-state index in [1.807, 2.05) is 6.92 Å². The number of rotatable bonds is 4. The number of nitrogens with two attached hydrogens (primary N) is 2. The molecule has 4 bridgehead atoms. The lowest BCUT2D eigenvalue weighted by atomic mass is 9.48. The first-order valence-corrected chi connectivity index (χ1v) is 7.79. The van der Waals surface area contributed by atoms with Gasteiger partial charge in [0.2, 0.25) is 5.91 Å². The summed E-state index contributed by atoms with van der Waals surface area (Å²) >= 11 is 0. The fraction of sp³-hybridized carbons (Fsp3) is 0.933. The fourth-order valence-electron chi connectivity index (χ4n) is 5.43. The Morgan fingerprint density at radius 1 is 1.16 bits per heavy atom. The maximum absolute atomic E-state index is 12.4. The van der Waals surface area contributed by atoms with E-state index in [9.17, 15) is 4.79 Å². The van der Waals surface area contributed by atoms with Gasteiger partial charge in [-0.2, -0.15) is 0 Å². The number of amides is 1. The van der Waals surface area contributed by atoms with Crippen molar-refractivity contribution in [1.82, 2.24) is 5.32 Å². The molecule has 5 N–H and O–H groups in total. The third kappa shape index (κ3) is 2.19. The minimum absolute atomic E-state index is 0.00424. The average Bonchev–Trinajstić information content (AvgIpc) is 2.34. The van der Waals surface area contributed by atoms with E-state index in [4.69, 9.17) is 11.5 Å². The summed E-state index contributed by atoms with van der Waals surface area (Å²) in [5.74, 6) is 3.56. The number of hydrogen-bond acceptors (Lipinski definition) is 3. The Bertz CT molecular complexity index is 338. The topological polar surface area (TPSA) is 81.1 Å². The second-order valence-corrected chi connectivity index (χ2v) is 7.28. The monoisotopic (exact) mass is 265 g/mol. The molecule has 0 aromatic carbocycles. The first-order chi connectivity index (χ1) is 9.02. The summed E-state index contributed by atoms with van der Waals surface area (Å²) in [6.45, 7) is 2.94. The van der Waals surface area contributed by atoms with Gasteiger partial charge in [0.25, 0.3) is 0 Å². The zero-order valence-electron chi connectivity index (χ0n) is 11.9. The third-order valence-corrected chi connectivity index (χ3v) is 5.84. The molecule has 0 aromatic rings. The molecule has 1 amide bonds. The maximum atomic E-state index is 12.4. The highest BCUT2D eigenvalue weighted by atomic mass is 16.2. The van der Waals surface area contributed by atoms with E-state index in [0.29, 0.717) is 30.8 Å². The molecule has 108 valence electrons. The zero-order valence-corrected chi connectivity index (χ0v) is 11.9. The van der Waals surface area contributed by atoms with Gasteiger partial charge >= 0.3 is 0 Å². The molecule has 0 radical (unpaired) electrons. The molecule has 0 heterocycles. The van der Waals surface area contributed by atoms with Crippen LogP contribution in [0.5, 0.6) is 0 Å². The van der Waals surface area contributed by atoms with E-state index >= 15 is 0 Å². The van der Waals surface area contributed by atoms with Gasteiger partial charge in [-0.15, -0.1) is 0 Å². The lowest BCUT2D eigenvalue weighted by molar-refractivity contribution is -0.136. The molecular weight excluding hydrogens is 238 g/mol. The number of nitrogens with one attached hydrogen (secondary N) is 1. The molecule has 4 nitrogen and oxygen atoms in total. The molecule has 0 aromatic heterocycles. The Labute approximate surface area is 115 Å². The Balaban J connectivity index is 1.75. The van der Waals surface area contributed by atoms with Gasteiger partial charge in [0, 0.05) is 13.1 Å². The highest BCUT2D eigenvalue weighted by Crippen LogP contribution is 2.58. The molecule has 4 saturated carbocycles. The largest absolute Gasteiger partial charge is 0.353 e. The smallest absolute Gasteiger partial charge is 0.240 e. The summed E-state index contributed by atoms with van der Waals surface area (Å²) < 4.78 is 0. The van der Waals surface area contributed by atoms with Crippen molar-refractivity contribution in [3.8, 4) is 0 Å². The van der Waals surface area contributed by atoms with E-state index in [1.54, 1.807) is 0 Å². The van der Waals surface area contributed by atoms with Crippen molar-refractivity contribution >= 4 is 5.91 Å². The molecule has 1 atom stereocenters. The zero-order chi connectivity index (χ0) is 13.6. The molecule has 4 rings (SSSR count). The highest BCUT2D eigenvalue weighted by molar-refractivity contribution is 5.86. The van der Waals surface area contributed by atoms with E-state index in [2.05, 4.69) is 5.32 Å². The summed E-state index contributed by atoms with van der Waals surface area (Å²) in [5, 5.41) is 2.89. The van der Waals surface area contributed by atoms with Gasteiger partial charge in [0.1, 0.15) is 0 Å². The second-order valence-electron chi connectivity index (χ2n) is 7.28. The number of carbonyl (C=O) groups is 1. The fourth-order valence-corrected chi connectivity index (χ4v) is 5.43. The van der Waals surface area contributed by atoms with Crippen LogP contribution >= 0.6 is 0 Å². The molecule has 0 spiro atoms. The van der Waals surface area contributed by atoms with Gasteiger partial charge in [0.15, 0.2) is 0 Å². The molecule has 1 unspecified atom stereocenters. The number of hydrogen-bond donors (Lipinski definition) is 3. The van der Waals surface area contributed by atoms with Crippen LogP contribution in [0.4, 0.5) is 0 Å². The molecule has 4 aliphatic carbocycles. The van der Waals surface area contributed by atoms with E-state index in [-0.39, 0.29) is 5.91 Å². The van der Waals surface area contributed by atoms with Crippen molar-refractivity contribution in [3.05, 3.63) is 0 Å². The minimum Gasteiger partial charge on any atom is -0.353 e. The molecule has 4 heteroatoms. The molecule has 0 aliphatic heterocycles. The van der Waals surface area contributed by atoms with Crippen molar-refractivity contribution in [2.24, 2.45) is 41.1 Å². The van der Waals surface area contributed by atoms with Gasteiger partial charge in [-0.05, 0) is 68.6 Å². The first kappa shape index (κ1) is 13.4. The highest BCUT2D eigenvalue weighted by Gasteiger charge is 2.55. The summed E-state index contributed by atoms with van der Waals surface area (Å²) in [7, 11) is 0. The van der Waals surface area contributed by atoms with Crippen LogP contribution in [-0.2, 0) is 4.79 Å². The Morgan fingerprint density at radius 2 is 1.68 bits per heavy atom. The summed E-state index contributed by atoms with van der Waals surface area (Å²) in [5.41, 5.74) is 11.2. The molecule has 4 fully saturated rings. The van der Waals surface area contributed by atoms with Crippen LogP contribution in [0.3, 0.4) is 0 Å². The van der Waals surface area contributed by atoms with Gasteiger partial charge in [0.05, 0.1) is 5.54 Å². The van der Waals surface area contributed by atoms with Gasteiger partial charge < -0.3 is 16.8 Å². The third-order valence-electron chi connectivity index (χ3n) is 5.84. The van der Waals surface area contributed by atoms with Crippen molar-refractivity contribution < 1.29 is 4.79 Å².